The Morgan fingerprint density at radius 3 is 2.73 bits per heavy atom. The van der Waals surface area contributed by atoms with Gasteiger partial charge in [0.1, 0.15) is 23.8 Å². The number of aromatic nitrogens is 2. The number of ether oxygens (including phenoxy) is 2. The van der Waals surface area contributed by atoms with Gasteiger partial charge >= 0.3 is 0 Å². The van der Waals surface area contributed by atoms with Crippen molar-refractivity contribution >= 4 is 45.3 Å². The molecule has 0 saturated heterocycles. The Balaban J connectivity index is 1.25. The predicted octanol–water partition coefficient (Wildman–Crippen LogP) is 5.96. The van der Waals surface area contributed by atoms with Gasteiger partial charge in [-0.15, -0.1) is 11.3 Å². The Kier molecular flexibility index (Phi) is 8.42. The largest absolute Gasteiger partial charge is 0.493 e. The van der Waals surface area contributed by atoms with Crippen LogP contribution in [0.3, 0.4) is 0 Å². The van der Waals surface area contributed by atoms with Gasteiger partial charge in [-0.3, -0.25) is 14.2 Å². The van der Waals surface area contributed by atoms with E-state index in [1.807, 2.05) is 36.6 Å². The number of nitrogens with one attached hydrogen (secondary N) is 1. The van der Waals surface area contributed by atoms with Gasteiger partial charge in [-0.1, -0.05) is 47.5 Å². The second kappa shape index (κ2) is 12.3. The van der Waals surface area contributed by atoms with Crippen LogP contribution in [0.5, 0.6) is 11.5 Å². The van der Waals surface area contributed by atoms with Crippen molar-refractivity contribution in [1.82, 2.24) is 15.0 Å². The number of fused-ring (bicyclic) bond motifs is 1. The molecule has 0 fully saturated rings. The third-order valence-electron chi connectivity index (χ3n) is 6.26. The minimum Gasteiger partial charge on any atom is -0.493 e. The maximum Gasteiger partial charge on any atom is 0.263 e. The molecule has 0 aliphatic carbocycles. The zero-order valence-corrected chi connectivity index (χ0v) is 23.6. The quantitative estimate of drug-likeness (QED) is 0.169. The van der Waals surface area contributed by atoms with Crippen molar-refractivity contribution in [3.63, 3.8) is 0 Å². The van der Waals surface area contributed by atoms with Gasteiger partial charge in [0.2, 0.25) is 0 Å². The number of nitrogens with zero attached hydrogens (tertiary/aromatic N) is 3. The molecule has 8 nitrogen and oxygen atoms in total. The monoisotopic (exact) mass is 590 g/mol. The minimum atomic E-state index is -0.495. The number of carbonyl (C=O) groups excluding carboxylic acids is 1. The van der Waals surface area contributed by atoms with Gasteiger partial charge in [0.15, 0.2) is 11.5 Å². The van der Waals surface area contributed by atoms with Crippen molar-refractivity contribution in [2.24, 2.45) is 5.10 Å². The van der Waals surface area contributed by atoms with E-state index in [2.05, 4.69) is 15.5 Å². The highest BCUT2D eigenvalue weighted by Crippen LogP contribution is 2.31. The molecular formula is C30H24ClFN4O4S. The topological polar surface area (TPSA) is 94.8 Å². The molecule has 0 atom stereocenters. The van der Waals surface area contributed by atoms with Crippen LogP contribution in [0.1, 0.15) is 16.7 Å². The number of hydrogen-bond acceptors (Lipinski definition) is 7. The first kappa shape index (κ1) is 28.0. The van der Waals surface area contributed by atoms with E-state index in [1.165, 1.54) is 47.7 Å². The highest BCUT2D eigenvalue weighted by molar-refractivity contribution is 7.17. The number of hydrazone groups is 1. The molecule has 0 unspecified atom stereocenters. The number of amides is 1. The zero-order chi connectivity index (χ0) is 28.9. The molecule has 0 aliphatic rings. The fraction of sp³-hybridized carbons (Fsp3) is 0.133. The Morgan fingerprint density at radius 2 is 1.98 bits per heavy atom. The Labute approximate surface area is 243 Å². The molecule has 1 amide bonds. The van der Waals surface area contributed by atoms with E-state index >= 15 is 0 Å². The molecule has 0 saturated carbocycles. The van der Waals surface area contributed by atoms with Crippen molar-refractivity contribution in [3.8, 4) is 22.6 Å². The van der Waals surface area contributed by atoms with Crippen LogP contribution in [0.25, 0.3) is 21.3 Å². The molecule has 3 aromatic carbocycles. The first-order valence-corrected chi connectivity index (χ1v) is 13.7. The van der Waals surface area contributed by atoms with Crippen molar-refractivity contribution < 1.29 is 18.7 Å². The highest BCUT2D eigenvalue weighted by atomic mass is 35.5. The SMILES string of the molecule is COc1cc(C=NNC(=O)Cn2cnc3scc(-c4ccc(C)cc4)c3c2=O)ccc1OCc1c(F)cccc1Cl. The minimum absolute atomic E-state index is 0.0801. The number of methoxy groups -OCH3 is 1. The predicted molar refractivity (Wildman–Crippen MR) is 159 cm³/mol. The van der Waals surface area contributed by atoms with Gasteiger partial charge in [-0.2, -0.15) is 5.10 Å². The summed E-state index contributed by atoms with van der Waals surface area (Å²) in [6.45, 7) is 1.67. The number of benzene rings is 3. The summed E-state index contributed by atoms with van der Waals surface area (Å²) in [4.78, 5) is 30.8. The summed E-state index contributed by atoms with van der Waals surface area (Å²) in [7, 11) is 1.47. The van der Waals surface area contributed by atoms with Gasteiger partial charge in [0.05, 0.1) is 30.1 Å². The average Bonchev–Trinajstić information content (AvgIpc) is 3.40. The van der Waals surface area contributed by atoms with E-state index < -0.39 is 11.7 Å². The zero-order valence-electron chi connectivity index (χ0n) is 22.1. The van der Waals surface area contributed by atoms with Gasteiger partial charge in [-0.25, -0.2) is 14.8 Å². The van der Waals surface area contributed by atoms with Crippen molar-refractivity contribution in [2.75, 3.05) is 7.11 Å². The van der Waals surface area contributed by atoms with Gasteiger partial charge in [0.25, 0.3) is 11.5 Å². The first-order chi connectivity index (χ1) is 19.8. The van der Waals surface area contributed by atoms with Gasteiger partial charge < -0.3 is 9.47 Å². The molecule has 0 radical (unpaired) electrons. The van der Waals surface area contributed by atoms with Crippen LogP contribution in [-0.4, -0.2) is 28.8 Å². The standard InChI is InChI=1S/C30H24ClFN4O4S/c1-18-6-9-20(10-7-18)22-16-41-29-28(22)30(38)36(17-33-29)14-27(37)35-34-13-19-8-11-25(26(12-19)39-2)40-15-21-23(31)4-3-5-24(21)32/h3-13,16-17H,14-15H2,1-2H3,(H,35,37). The molecular weight excluding hydrogens is 567 g/mol. The number of halogens is 2. The van der Waals surface area contributed by atoms with E-state index in [1.54, 1.807) is 24.3 Å². The lowest BCUT2D eigenvalue weighted by molar-refractivity contribution is -0.121. The molecule has 11 heteroatoms. The molecule has 0 spiro atoms. The lowest BCUT2D eigenvalue weighted by Crippen LogP contribution is -2.30. The van der Waals surface area contributed by atoms with Crippen molar-refractivity contribution in [1.29, 1.82) is 0 Å². The third-order valence-corrected chi connectivity index (χ3v) is 7.50. The second-order valence-electron chi connectivity index (χ2n) is 9.07. The van der Waals surface area contributed by atoms with Crippen LogP contribution in [0.15, 0.2) is 82.3 Å². The Morgan fingerprint density at radius 1 is 1.17 bits per heavy atom. The molecule has 5 aromatic rings. The maximum atomic E-state index is 14.0. The number of hydrogen-bond donors (Lipinski definition) is 1. The fourth-order valence-electron chi connectivity index (χ4n) is 4.10. The van der Waals surface area contributed by atoms with Crippen LogP contribution in [0, 0.1) is 12.7 Å². The molecule has 2 heterocycles. The van der Waals surface area contributed by atoms with Gasteiger partial charge in [0, 0.05) is 16.5 Å². The Hall–Kier alpha value is -4.54. The van der Waals surface area contributed by atoms with E-state index in [0.717, 1.165) is 16.7 Å². The maximum absolute atomic E-state index is 14.0. The summed E-state index contributed by atoms with van der Waals surface area (Å²) in [5, 5.41) is 6.64. The summed E-state index contributed by atoms with van der Waals surface area (Å²) < 4.78 is 26.4. The highest BCUT2D eigenvalue weighted by Gasteiger charge is 2.15. The molecule has 0 bridgehead atoms. The number of aryl methyl sites for hydroxylation is 1. The summed E-state index contributed by atoms with van der Waals surface area (Å²) >= 11 is 7.45. The van der Waals surface area contributed by atoms with E-state index in [9.17, 15) is 14.0 Å². The average molecular weight is 591 g/mol. The van der Waals surface area contributed by atoms with Crippen LogP contribution in [0.2, 0.25) is 5.02 Å². The smallest absolute Gasteiger partial charge is 0.263 e. The van der Waals surface area contributed by atoms with Gasteiger partial charge in [-0.05, 0) is 48.4 Å². The normalized spacial score (nSPS) is 11.2. The molecule has 208 valence electrons. The molecule has 2 aromatic heterocycles. The summed E-state index contributed by atoms with van der Waals surface area (Å²) in [6.07, 6.45) is 2.79. The van der Waals surface area contributed by atoms with E-state index in [-0.39, 0.29) is 29.3 Å². The Bertz CT molecular complexity index is 1800. The van der Waals surface area contributed by atoms with Crippen molar-refractivity contribution in [3.05, 3.63) is 110 Å². The van der Waals surface area contributed by atoms with Crippen LogP contribution >= 0.6 is 22.9 Å². The fourth-order valence-corrected chi connectivity index (χ4v) is 5.22. The molecule has 41 heavy (non-hydrogen) atoms. The number of rotatable bonds is 9. The third kappa shape index (κ3) is 6.29. The lowest BCUT2D eigenvalue weighted by Gasteiger charge is -2.12. The summed E-state index contributed by atoms with van der Waals surface area (Å²) in [6, 6.07) is 17.3. The van der Waals surface area contributed by atoms with Crippen LogP contribution < -0.4 is 20.5 Å². The van der Waals surface area contributed by atoms with Crippen LogP contribution in [0.4, 0.5) is 4.39 Å². The number of carbonyl (C=O) groups is 1. The van der Waals surface area contributed by atoms with Crippen LogP contribution in [-0.2, 0) is 17.9 Å². The summed E-state index contributed by atoms with van der Waals surface area (Å²) in [5.74, 6) is -0.186. The number of thiophene rings is 1. The van der Waals surface area contributed by atoms with E-state index in [0.29, 0.717) is 27.3 Å². The second-order valence-corrected chi connectivity index (χ2v) is 10.3. The lowest BCUT2D eigenvalue weighted by atomic mass is 10.1. The molecule has 5 rings (SSSR count). The van der Waals surface area contributed by atoms with Crippen molar-refractivity contribution in [2.45, 2.75) is 20.1 Å². The summed E-state index contributed by atoms with van der Waals surface area (Å²) in [5.41, 5.74) is 5.79. The molecule has 0 aliphatic heterocycles. The van der Waals surface area contributed by atoms with E-state index in [4.69, 9.17) is 21.1 Å². The molecule has 1 N–H and O–H groups in total. The first-order valence-electron chi connectivity index (χ1n) is 12.4.